The Morgan fingerprint density at radius 1 is 0.974 bits per heavy atom. The number of carbonyl (C=O) groups is 2. The maximum Gasteiger partial charge on any atom is 0.416 e. The van der Waals surface area contributed by atoms with E-state index in [0.717, 1.165) is 28.8 Å². The Hall–Kier alpha value is -3.86. The number of amides is 1. The lowest BCUT2D eigenvalue weighted by atomic mass is 10.0. The van der Waals surface area contributed by atoms with Crippen LogP contribution in [0.3, 0.4) is 0 Å². The summed E-state index contributed by atoms with van der Waals surface area (Å²) in [6, 6.07) is 14.3. The topological polar surface area (TPSA) is 92.8 Å². The molecule has 0 aliphatic carbocycles. The fourth-order valence-corrected chi connectivity index (χ4v) is 5.45. The Morgan fingerprint density at radius 2 is 1.58 bits per heavy atom. The summed E-state index contributed by atoms with van der Waals surface area (Å²) in [6.07, 6.45) is -4.56. The minimum Gasteiger partial charge on any atom is -0.467 e. The smallest absolute Gasteiger partial charge is 0.416 e. The van der Waals surface area contributed by atoms with Gasteiger partial charge in [0.25, 0.3) is 15.9 Å². The number of anilines is 1. The van der Waals surface area contributed by atoms with Gasteiger partial charge in [0.15, 0.2) is 0 Å². The number of rotatable bonds is 7. The summed E-state index contributed by atoms with van der Waals surface area (Å²) in [7, 11) is -2.81. The van der Waals surface area contributed by atoms with E-state index in [4.69, 9.17) is 4.74 Å². The number of nitrogens with zero attached hydrogens (tertiary/aromatic N) is 1. The van der Waals surface area contributed by atoms with Crippen LogP contribution in [0.25, 0.3) is 11.1 Å². The third kappa shape index (κ3) is 5.38. The average molecular weight is 547 g/mol. The Bertz CT molecular complexity index is 1470. The van der Waals surface area contributed by atoms with Gasteiger partial charge < -0.3 is 9.64 Å². The van der Waals surface area contributed by atoms with E-state index in [0.29, 0.717) is 17.7 Å². The first-order valence-corrected chi connectivity index (χ1v) is 13.1. The van der Waals surface area contributed by atoms with Crippen molar-refractivity contribution in [2.24, 2.45) is 5.92 Å². The van der Waals surface area contributed by atoms with Gasteiger partial charge in [-0.3, -0.25) is 9.52 Å². The van der Waals surface area contributed by atoms with Gasteiger partial charge in [0.2, 0.25) is 0 Å². The second kappa shape index (κ2) is 10.1. The molecule has 3 aromatic rings. The van der Waals surface area contributed by atoms with Gasteiger partial charge in [-0.05, 0) is 71.1 Å². The van der Waals surface area contributed by atoms with Crippen molar-refractivity contribution in [1.82, 2.24) is 4.90 Å². The Kier molecular flexibility index (Phi) is 7.24. The van der Waals surface area contributed by atoms with Crippen LogP contribution < -0.4 is 4.72 Å². The molecule has 200 valence electrons. The summed E-state index contributed by atoms with van der Waals surface area (Å²) in [5, 5.41) is 0. The van der Waals surface area contributed by atoms with Crippen LogP contribution in [0.1, 0.15) is 35.3 Å². The van der Waals surface area contributed by atoms with Crippen molar-refractivity contribution < 1.29 is 35.9 Å². The van der Waals surface area contributed by atoms with E-state index in [1.807, 2.05) is 19.9 Å². The SMILES string of the molecule is COC(=O)[C@H](C(C)C)N1Cc2cc(-c3ccc(NS(=O)(=O)c4ccc(C(F)(F)F)cc4)cc3)ccc2C1=O. The van der Waals surface area contributed by atoms with Crippen molar-refractivity contribution in [3.8, 4) is 11.1 Å². The predicted molar refractivity (Wildman–Crippen MR) is 135 cm³/mol. The minimum absolute atomic E-state index is 0.140. The fourth-order valence-electron chi connectivity index (χ4n) is 4.40. The summed E-state index contributed by atoms with van der Waals surface area (Å²) in [5.41, 5.74) is 2.09. The molecule has 0 fully saturated rings. The number of carbonyl (C=O) groups excluding carboxylic acids is 2. The van der Waals surface area contributed by atoms with E-state index in [2.05, 4.69) is 4.72 Å². The molecule has 1 N–H and O–H groups in total. The van der Waals surface area contributed by atoms with Gasteiger partial charge in [0.05, 0.1) is 17.6 Å². The molecule has 3 aromatic carbocycles. The maximum atomic E-state index is 13.0. The van der Waals surface area contributed by atoms with Crippen molar-refractivity contribution in [3.05, 3.63) is 83.4 Å². The average Bonchev–Trinajstić information content (AvgIpc) is 3.18. The van der Waals surface area contributed by atoms with Crippen molar-refractivity contribution in [2.75, 3.05) is 11.8 Å². The molecule has 0 radical (unpaired) electrons. The number of fused-ring (bicyclic) bond motifs is 1. The zero-order valence-electron chi connectivity index (χ0n) is 20.7. The number of esters is 1. The van der Waals surface area contributed by atoms with Crippen molar-refractivity contribution in [3.63, 3.8) is 0 Å². The van der Waals surface area contributed by atoms with Crippen molar-refractivity contribution in [2.45, 2.75) is 37.5 Å². The molecule has 38 heavy (non-hydrogen) atoms. The van der Waals surface area contributed by atoms with E-state index in [-0.39, 0.29) is 29.0 Å². The van der Waals surface area contributed by atoms with E-state index < -0.39 is 33.8 Å². The second-order valence-electron chi connectivity index (χ2n) is 9.22. The number of alkyl halides is 3. The summed E-state index contributed by atoms with van der Waals surface area (Å²) in [6.45, 7) is 3.94. The van der Waals surface area contributed by atoms with Crippen LogP contribution in [0.15, 0.2) is 71.6 Å². The van der Waals surface area contributed by atoms with Gasteiger partial charge >= 0.3 is 12.1 Å². The molecule has 4 rings (SSSR count). The molecule has 1 aliphatic heterocycles. The third-order valence-corrected chi connectivity index (χ3v) is 7.71. The number of sulfonamides is 1. The molecule has 1 atom stereocenters. The highest BCUT2D eigenvalue weighted by molar-refractivity contribution is 7.92. The molecule has 11 heteroatoms. The lowest BCUT2D eigenvalue weighted by molar-refractivity contribution is -0.147. The van der Waals surface area contributed by atoms with E-state index >= 15 is 0 Å². The highest BCUT2D eigenvalue weighted by Gasteiger charge is 2.38. The summed E-state index contributed by atoms with van der Waals surface area (Å²) in [5.74, 6) is -0.863. The van der Waals surface area contributed by atoms with Crippen LogP contribution in [0.2, 0.25) is 0 Å². The molecule has 0 saturated heterocycles. The number of hydrogen-bond donors (Lipinski definition) is 1. The molecular weight excluding hydrogens is 521 g/mol. The number of methoxy groups -OCH3 is 1. The molecule has 1 amide bonds. The van der Waals surface area contributed by atoms with Crippen LogP contribution in [-0.4, -0.2) is 38.3 Å². The molecule has 0 unspecified atom stereocenters. The molecule has 1 heterocycles. The number of ether oxygens (including phenoxy) is 1. The summed E-state index contributed by atoms with van der Waals surface area (Å²) >= 11 is 0. The minimum atomic E-state index is -4.56. The van der Waals surface area contributed by atoms with Gasteiger partial charge in [-0.25, -0.2) is 13.2 Å². The lowest BCUT2D eigenvalue weighted by Gasteiger charge is -2.28. The Morgan fingerprint density at radius 3 is 2.13 bits per heavy atom. The normalized spacial score (nSPS) is 14.4. The molecule has 0 bridgehead atoms. The number of nitrogens with one attached hydrogen (secondary N) is 1. The number of halogens is 3. The van der Waals surface area contributed by atoms with Gasteiger partial charge in [-0.15, -0.1) is 0 Å². The monoisotopic (exact) mass is 546 g/mol. The maximum absolute atomic E-state index is 13.0. The highest BCUT2D eigenvalue weighted by Crippen LogP contribution is 2.33. The molecule has 0 spiro atoms. The largest absolute Gasteiger partial charge is 0.467 e. The van der Waals surface area contributed by atoms with E-state index in [1.54, 1.807) is 24.3 Å². The van der Waals surface area contributed by atoms with Gasteiger partial charge in [0.1, 0.15) is 6.04 Å². The standard InChI is InChI=1S/C27H25F3N2O5S/c1-16(2)24(26(34)37-3)32-15-19-14-18(6-13-23(19)25(32)33)17-4-9-21(10-5-17)31-38(35,36)22-11-7-20(8-12-22)27(28,29)30/h4-14,16,24,31H,15H2,1-3H3/t24-/m0/s1. The molecule has 7 nitrogen and oxygen atoms in total. The van der Waals surface area contributed by atoms with Gasteiger partial charge in [0, 0.05) is 17.8 Å². The quantitative estimate of drug-likeness (QED) is 0.405. The van der Waals surface area contributed by atoms with Crippen LogP contribution in [0.4, 0.5) is 18.9 Å². The Labute approximate surface area is 218 Å². The van der Waals surface area contributed by atoms with Crippen LogP contribution in [-0.2, 0) is 32.3 Å². The first-order chi connectivity index (χ1) is 17.8. The second-order valence-corrected chi connectivity index (χ2v) is 10.9. The molecule has 0 aromatic heterocycles. The number of benzene rings is 3. The fraction of sp³-hybridized carbons (Fsp3) is 0.259. The number of hydrogen-bond acceptors (Lipinski definition) is 5. The first kappa shape index (κ1) is 27.2. The van der Waals surface area contributed by atoms with Gasteiger partial charge in [-0.1, -0.05) is 32.0 Å². The van der Waals surface area contributed by atoms with E-state index in [1.165, 1.54) is 24.1 Å². The Balaban J connectivity index is 1.51. The third-order valence-electron chi connectivity index (χ3n) is 6.31. The first-order valence-electron chi connectivity index (χ1n) is 11.6. The lowest BCUT2D eigenvalue weighted by Crippen LogP contribution is -2.45. The summed E-state index contributed by atoms with van der Waals surface area (Å²) in [4.78, 5) is 26.5. The van der Waals surface area contributed by atoms with Crippen LogP contribution in [0.5, 0.6) is 0 Å². The predicted octanol–water partition coefficient (Wildman–Crippen LogP) is 5.33. The van der Waals surface area contributed by atoms with Crippen LogP contribution in [0, 0.1) is 5.92 Å². The van der Waals surface area contributed by atoms with Crippen molar-refractivity contribution in [1.29, 1.82) is 0 Å². The molecule has 1 aliphatic rings. The van der Waals surface area contributed by atoms with E-state index in [9.17, 15) is 31.2 Å². The molecular formula is C27H25F3N2O5S. The van der Waals surface area contributed by atoms with Gasteiger partial charge in [-0.2, -0.15) is 13.2 Å². The highest BCUT2D eigenvalue weighted by atomic mass is 32.2. The zero-order chi connectivity index (χ0) is 27.8. The van der Waals surface area contributed by atoms with Crippen LogP contribution >= 0.6 is 0 Å². The summed E-state index contributed by atoms with van der Waals surface area (Å²) < 4.78 is 70.8. The van der Waals surface area contributed by atoms with Crippen molar-refractivity contribution >= 4 is 27.6 Å². The molecule has 0 saturated carbocycles. The zero-order valence-corrected chi connectivity index (χ0v) is 21.6.